The van der Waals surface area contributed by atoms with Crippen LogP contribution >= 0.6 is 0 Å². The third-order valence-electron chi connectivity index (χ3n) is 2.15. The molecule has 0 fully saturated rings. The van der Waals surface area contributed by atoms with Crippen LogP contribution in [-0.2, 0) is 9.53 Å². The molecule has 0 radical (unpaired) electrons. The summed E-state index contributed by atoms with van der Waals surface area (Å²) in [6, 6.07) is 9.37. The van der Waals surface area contributed by atoms with E-state index in [4.69, 9.17) is 10.00 Å². The molecule has 1 aromatic rings. The van der Waals surface area contributed by atoms with Crippen molar-refractivity contribution < 1.29 is 9.53 Å². The number of benzene rings is 1. The average Bonchev–Trinajstić information content (AvgIpc) is 2.22. The van der Waals surface area contributed by atoms with Gasteiger partial charge in [-0.1, -0.05) is 29.8 Å². The van der Waals surface area contributed by atoms with Gasteiger partial charge in [0.1, 0.15) is 12.5 Å². The largest absolute Gasteiger partial charge is 0.377 e. The van der Waals surface area contributed by atoms with Crippen LogP contribution in [0.4, 0.5) is 0 Å². The number of hydrogen-bond donors (Lipinski definition) is 0. The monoisotopic (exact) mass is 203 g/mol. The molecule has 78 valence electrons. The van der Waals surface area contributed by atoms with Crippen molar-refractivity contribution in [1.29, 1.82) is 5.26 Å². The highest BCUT2D eigenvalue weighted by Gasteiger charge is 2.19. The van der Waals surface area contributed by atoms with E-state index >= 15 is 0 Å². The molecule has 0 spiro atoms. The van der Waals surface area contributed by atoms with Gasteiger partial charge in [-0.15, -0.1) is 0 Å². The van der Waals surface area contributed by atoms with E-state index in [0.717, 1.165) is 11.1 Å². The van der Waals surface area contributed by atoms with Gasteiger partial charge in [0.25, 0.3) is 0 Å². The third kappa shape index (κ3) is 2.90. The van der Waals surface area contributed by atoms with Crippen molar-refractivity contribution in [3.63, 3.8) is 0 Å². The predicted molar refractivity (Wildman–Crippen MR) is 56.4 cm³/mol. The Balaban J connectivity index is 2.89. The average molecular weight is 203 g/mol. The van der Waals surface area contributed by atoms with Crippen LogP contribution in [0.25, 0.3) is 0 Å². The lowest BCUT2D eigenvalue weighted by molar-refractivity contribution is -0.122. The Morgan fingerprint density at radius 2 is 2.07 bits per heavy atom. The molecular weight excluding hydrogens is 190 g/mol. The summed E-state index contributed by atoms with van der Waals surface area (Å²) in [7, 11) is 1.45. The molecule has 1 rings (SSSR count). The molecule has 0 aliphatic carbocycles. The van der Waals surface area contributed by atoms with E-state index in [0.29, 0.717) is 0 Å². The first-order valence-corrected chi connectivity index (χ1v) is 4.67. The van der Waals surface area contributed by atoms with Crippen molar-refractivity contribution in [2.45, 2.75) is 12.8 Å². The summed E-state index contributed by atoms with van der Waals surface area (Å²) in [6.45, 7) is 1.94. The molecule has 0 aromatic heterocycles. The van der Waals surface area contributed by atoms with E-state index in [-0.39, 0.29) is 12.4 Å². The van der Waals surface area contributed by atoms with E-state index in [1.165, 1.54) is 7.11 Å². The van der Waals surface area contributed by atoms with Crippen molar-refractivity contribution in [1.82, 2.24) is 0 Å². The predicted octanol–water partition coefficient (Wildman–Crippen LogP) is 1.82. The second-order valence-corrected chi connectivity index (χ2v) is 3.37. The molecule has 0 saturated heterocycles. The molecule has 0 heterocycles. The van der Waals surface area contributed by atoms with Crippen LogP contribution in [0.15, 0.2) is 24.3 Å². The fourth-order valence-electron chi connectivity index (χ4n) is 1.32. The molecular formula is C12H13NO2. The summed E-state index contributed by atoms with van der Waals surface area (Å²) in [5.74, 6) is -0.922. The maximum absolute atomic E-state index is 11.5. The van der Waals surface area contributed by atoms with E-state index in [1.54, 1.807) is 12.1 Å². The Kier molecular flexibility index (Phi) is 4.02. The van der Waals surface area contributed by atoms with Crippen molar-refractivity contribution in [2.75, 3.05) is 13.7 Å². The number of nitriles is 1. The number of ether oxygens (including phenoxy) is 1. The van der Waals surface area contributed by atoms with Crippen LogP contribution in [0.5, 0.6) is 0 Å². The van der Waals surface area contributed by atoms with Crippen molar-refractivity contribution >= 4 is 5.78 Å². The molecule has 1 unspecified atom stereocenters. The first-order chi connectivity index (χ1) is 7.19. The SMILES string of the molecule is COCC(=O)C(C#N)c1ccc(C)cc1. The molecule has 1 aromatic carbocycles. The summed E-state index contributed by atoms with van der Waals surface area (Å²) >= 11 is 0. The fourth-order valence-corrected chi connectivity index (χ4v) is 1.32. The first kappa shape index (κ1) is 11.4. The number of Topliss-reactive ketones (excluding diaryl/α,β-unsaturated/α-hetero) is 1. The molecule has 0 saturated carbocycles. The summed E-state index contributed by atoms with van der Waals surface area (Å²) in [5, 5.41) is 8.92. The van der Waals surface area contributed by atoms with Gasteiger partial charge in [0.2, 0.25) is 0 Å². The zero-order valence-corrected chi connectivity index (χ0v) is 8.86. The minimum absolute atomic E-state index is 0.0217. The molecule has 0 aliphatic heterocycles. The first-order valence-electron chi connectivity index (χ1n) is 4.67. The number of nitrogens with zero attached hydrogens (tertiary/aromatic N) is 1. The van der Waals surface area contributed by atoms with Crippen LogP contribution in [0.3, 0.4) is 0 Å². The van der Waals surface area contributed by atoms with E-state index < -0.39 is 5.92 Å². The number of aryl methyl sites for hydroxylation is 1. The number of rotatable bonds is 4. The number of carbonyl (C=O) groups excluding carboxylic acids is 1. The van der Waals surface area contributed by atoms with Gasteiger partial charge < -0.3 is 4.74 Å². The van der Waals surface area contributed by atoms with Gasteiger partial charge in [-0.3, -0.25) is 4.79 Å². The van der Waals surface area contributed by atoms with Crippen LogP contribution in [-0.4, -0.2) is 19.5 Å². The summed E-state index contributed by atoms with van der Waals surface area (Å²) < 4.78 is 4.73. The Hall–Kier alpha value is -1.66. The Morgan fingerprint density at radius 3 is 2.53 bits per heavy atom. The lowest BCUT2D eigenvalue weighted by atomic mass is 9.96. The maximum Gasteiger partial charge on any atom is 0.179 e. The minimum Gasteiger partial charge on any atom is -0.377 e. The molecule has 0 aliphatic rings. The van der Waals surface area contributed by atoms with Crippen LogP contribution < -0.4 is 0 Å². The zero-order chi connectivity index (χ0) is 11.3. The van der Waals surface area contributed by atoms with E-state index in [1.807, 2.05) is 25.1 Å². The standard InChI is InChI=1S/C12H13NO2/c1-9-3-5-10(6-4-9)11(7-13)12(14)8-15-2/h3-6,11H,8H2,1-2H3. The second-order valence-electron chi connectivity index (χ2n) is 3.37. The summed E-state index contributed by atoms with van der Waals surface area (Å²) in [5.41, 5.74) is 1.83. The number of carbonyl (C=O) groups is 1. The van der Waals surface area contributed by atoms with Gasteiger partial charge in [0.15, 0.2) is 5.78 Å². The zero-order valence-electron chi connectivity index (χ0n) is 8.86. The normalized spacial score (nSPS) is 11.8. The van der Waals surface area contributed by atoms with Crippen molar-refractivity contribution in [3.05, 3.63) is 35.4 Å². The second kappa shape index (κ2) is 5.28. The lowest BCUT2D eigenvalue weighted by Gasteiger charge is -2.07. The van der Waals surface area contributed by atoms with Gasteiger partial charge in [0, 0.05) is 7.11 Å². The van der Waals surface area contributed by atoms with Crippen molar-refractivity contribution in [3.8, 4) is 6.07 Å². The lowest BCUT2D eigenvalue weighted by Crippen LogP contribution is -2.16. The Morgan fingerprint density at radius 1 is 1.47 bits per heavy atom. The Bertz CT molecular complexity index is 376. The van der Waals surface area contributed by atoms with Crippen LogP contribution in [0.1, 0.15) is 17.0 Å². The van der Waals surface area contributed by atoms with Gasteiger partial charge >= 0.3 is 0 Å². The van der Waals surface area contributed by atoms with Gasteiger partial charge in [-0.2, -0.15) is 5.26 Å². The molecule has 1 atom stereocenters. The van der Waals surface area contributed by atoms with Gasteiger partial charge in [-0.25, -0.2) is 0 Å². The quantitative estimate of drug-likeness (QED) is 0.750. The topological polar surface area (TPSA) is 50.1 Å². The smallest absolute Gasteiger partial charge is 0.179 e. The molecule has 3 nitrogen and oxygen atoms in total. The fraction of sp³-hybridized carbons (Fsp3) is 0.333. The highest BCUT2D eigenvalue weighted by molar-refractivity contribution is 5.89. The molecule has 3 heteroatoms. The van der Waals surface area contributed by atoms with Gasteiger partial charge in [0.05, 0.1) is 6.07 Å². The van der Waals surface area contributed by atoms with Crippen LogP contribution in [0, 0.1) is 18.3 Å². The third-order valence-corrected chi connectivity index (χ3v) is 2.15. The van der Waals surface area contributed by atoms with Crippen molar-refractivity contribution in [2.24, 2.45) is 0 Å². The van der Waals surface area contributed by atoms with Gasteiger partial charge in [-0.05, 0) is 12.5 Å². The molecule has 0 N–H and O–H groups in total. The number of ketones is 1. The highest BCUT2D eigenvalue weighted by Crippen LogP contribution is 2.16. The molecule has 0 bridgehead atoms. The summed E-state index contributed by atoms with van der Waals surface area (Å²) in [4.78, 5) is 11.5. The molecule has 0 amide bonds. The number of methoxy groups -OCH3 is 1. The van der Waals surface area contributed by atoms with Crippen LogP contribution in [0.2, 0.25) is 0 Å². The maximum atomic E-state index is 11.5. The van der Waals surface area contributed by atoms with E-state index in [9.17, 15) is 4.79 Å². The van der Waals surface area contributed by atoms with E-state index in [2.05, 4.69) is 0 Å². The molecule has 15 heavy (non-hydrogen) atoms. The minimum atomic E-state index is -0.717. The Labute approximate surface area is 89.3 Å². The number of hydrogen-bond acceptors (Lipinski definition) is 3. The highest BCUT2D eigenvalue weighted by atomic mass is 16.5. The summed E-state index contributed by atoms with van der Waals surface area (Å²) in [6.07, 6.45) is 0.